The lowest BCUT2D eigenvalue weighted by Gasteiger charge is -2.29. The molecule has 0 saturated carbocycles. The van der Waals surface area contributed by atoms with Gasteiger partial charge in [0.2, 0.25) is 0 Å². The van der Waals surface area contributed by atoms with Gasteiger partial charge in [-0.15, -0.1) is 11.3 Å². The number of rotatable bonds is 6. The van der Waals surface area contributed by atoms with E-state index >= 15 is 0 Å². The molecule has 0 bridgehead atoms. The summed E-state index contributed by atoms with van der Waals surface area (Å²) in [6, 6.07) is 10.8. The summed E-state index contributed by atoms with van der Waals surface area (Å²) in [5, 5.41) is 0. The molecule has 0 saturated heterocycles. The van der Waals surface area contributed by atoms with Gasteiger partial charge in [0.05, 0.1) is 26.7 Å². The second kappa shape index (κ2) is 9.79. The topological polar surface area (TPSA) is 63.9 Å². The van der Waals surface area contributed by atoms with Gasteiger partial charge >= 0.3 is 0 Å². The van der Waals surface area contributed by atoms with Gasteiger partial charge < -0.3 is 9.64 Å². The maximum Gasteiger partial charge on any atom is 0.271 e. The Morgan fingerprint density at radius 2 is 1.94 bits per heavy atom. The van der Waals surface area contributed by atoms with Crippen molar-refractivity contribution in [3.63, 3.8) is 0 Å². The number of hydrogen-bond acceptors (Lipinski definition) is 6. The highest BCUT2D eigenvalue weighted by molar-refractivity contribution is 9.11. The first-order chi connectivity index (χ1) is 15.9. The van der Waals surface area contributed by atoms with Crippen LogP contribution in [0.1, 0.15) is 37.3 Å². The van der Waals surface area contributed by atoms with Crippen molar-refractivity contribution < 1.29 is 9.53 Å². The van der Waals surface area contributed by atoms with Gasteiger partial charge in [0, 0.05) is 23.5 Å². The Bertz CT molecular complexity index is 1410. The Kier molecular flexibility index (Phi) is 7.02. The van der Waals surface area contributed by atoms with Crippen molar-refractivity contribution in [3.05, 3.63) is 81.6 Å². The van der Waals surface area contributed by atoms with Gasteiger partial charge in [0.25, 0.3) is 11.5 Å². The number of hydrogen-bond donors (Lipinski definition) is 0. The van der Waals surface area contributed by atoms with E-state index in [2.05, 4.69) is 15.9 Å². The zero-order chi connectivity index (χ0) is 23.7. The molecule has 3 heterocycles. The largest absolute Gasteiger partial charge is 0.496 e. The lowest BCUT2D eigenvalue weighted by molar-refractivity contribution is -0.127. The first-order valence-corrected chi connectivity index (χ1v) is 13.0. The number of allylic oxidation sites excluding steroid dienone is 1. The molecule has 0 N–H and O–H groups in total. The van der Waals surface area contributed by atoms with Gasteiger partial charge in [0.1, 0.15) is 11.8 Å². The molecular formula is C24H24BrN3O3S2. The van der Waals surface area contributed by atoms with Crippen LogP contribution in [0.5, 0.6) is 5.75 Å². The number of ether oxygens (including phenoxy) is 1. The van der Waals surface area contributed by atoms with Gasteiger partial charge in [-0.3, -0.25) is 14.2 Å². The zero-order valence-corrected chi connectivity index (χ0v) is 22.0. The van der Waals surface area contributed by atoms with E-state index in [1.54, 1.807) is 27.9 Å². The molecule has 1 atom stereocenters. The predicted molar refractivity (Wildman–Crippen MR) is 137 cm³/mol. The Morgan fingerprint density at radius 3 is 2.58 bits per heavy atom. The lowest BCUT2D eigenvalue weighted by atomic mass is 9.94. The van der Waals surface area contributed by atoms with Crippen molar-refractivity contribution in [2.75, 3.05) is 20.2 Å². The number of likely N-dealkylation sites (N-methyl/N-ethyl adjacent to an activating group) is 1. The fraction of sp³-hybridized carbons (Fsp3) is 0.292. The summed E-state index contributed by atoms with van der Waals surface area (Å²) in [6.45, 7) is 6.88. The molecule has 0 unspecified atom stereocenters. The molecule has 0 fully saturated rings. The number of amides is 1. The van der Waals surface area contributed by atoms with E-state index in [9.17, 15) is 9.59 Å². The molecule has 1 aliphatic rings. The van der Waals surface area contributed by atoms with Crippen LogP contribution in [0.15, 0.2) is 61.2 Å². The lowest BCUT2D eigenvalue weighted by Crippen LogP contribution is -2.43. The first kappa shape index (κ1) is 23.7. The van der Waals surface area contributed by atoms with E-state index < -0.39 is 6.04 Å². The molecule has 4 rings (SSSR count). The van der Waals surface area contributed by atoms with E-state index in [1.165, 1.54) is 11.3 Å². The van der Waals surface area contributed by atoms with Crippen molar-refractivity contribution in [3.8, 4) is 5.75 Å². The third-order valence-electron chi connectivity index (χ3n) is 5.60. The highest BCUT2D eigenvalue weighted by atomic mass is 79.9. The highest BCUT2D eigenvalue weighted by Gasteiger charge is 2.35. The van der Waals surface area contributed by atoms with Crippen LogP contribution in [-0.4, -0.2) is 35.6 Å². The summed E-state index contributed by atoms with van der Waals surface area (Å²) < 4.78 is 8.85. The smallest absolute Gasteiger partial charge is 0.271 e. The molecular weight excluding hydrogens is 522 g/mol. The van der Waals surface area contributed by atoms with Gasteiger partial charge in [-0.1, -0.05) is 29.5 Å². The molecule has 6 nitrogen and oxygen atoms in total. The van der Waals surface area contributed by atoms with Crippen LogP contribution in [0.4, 0.5) is 0 Å². The number of aromatic nitrogens is 1. The maximum absolute atomic E-state index is 13.7. The van der Waals surface area contributed by atoms with Gasteiger partial charge in [-0.25, -0.2) is 4.99 Å². The fourth-order valence-corrected chi connectivity index (χ4v) is 6.48. The van der Waals surface area contributed by atoms with Crippen molar-refractivity contribution in [1.82, 2.24) is 9.47 Å². The van der Waals surface area contributed by atoms with Crippen LogP contribution in [0.2, 0.25) is 0 Å². The molecule has 172 valence electrons. The number of methoxy groups -OCH3 is 1. The summed E-state index contributed by atoms with van der Waals surface area (Å²) in [5.74, 6) is 0.507. The predicted octanol–water partition coefficient (Wildman–Crippen LogP) is 3.94. The van der Waals surface area contributed by atoms with Crippen LogP contribution in [0, 0.1) is 0 Å². The van der Waals surface area contributed by atoms with Crippen LogP contribution in [0.25, 0.3) is 6.08 Å². The average Bonchev–Trinajstić information content (AvgIpc) is 3.35. The van der Waals surface area contributed by atoms with Gasteiger partial charge in [-0.2, -0.15) is 0 Å². The molecule has 3 aromatic rings. The van der Waals surface area contributed by atoms with Gasteiger partial charge in [-0.05, 0) is 61.0 Å². The first-order valence-electron chi connectivity index (χ1n) is 10.6. The standard InChI is InChI=1S/C24H24BrN3O3S2/c1-5-27(6-2)23(30)20-14(3)26-24-28(21(20)16-9-7-8-10-17(16)31-4)22(29)18(33-24)13-15-11-12-19(25)32-15/h7-13,21H,5-6H2,1-4H3/b18-13+/t21-/m0/s1. The monoisotopic (exact) mass is 545 g/mol. The Labute approximate surface area is 208 Å². The second-order valence-electron chi connectivity index (χ2n) is 7.44. The van der Waals surface area contributed by atoms with E-state index in [0.29, 0.717) is 39.4 Å². The summed E-state index contributed by atoms with van der Waals surface area (Å²) in [5.41, 5.74) is 1.71. The number of fused-ring (bicyclic) bond motifs is 1. The van der Waals surface area contributed by atoms with Crippen LogP contribution >= 0.6 is 38.6 Å². The minimum Gasteiger partial charge on any atom is -0.496 e. The summed E-state index contributed by atoms with van der Waals surface area (Å²) >= 11 is 6.36. The van der Waals surface area contributed by atoms with Crippen molar-refractivity contribution in [2.45, 2.75) is 26.8 Å². The molecule has 1 amide bonds. The van der Waals surface area contributed by atoms with Crippen molar-refractivity contribution in [2.24, 2.45) is 4.99 Å². The SMILES string of the molecule is CCN(CC)C(=O)C1=C(C)N=c2s/c(=C/c3ccc(Br)s3)c(=O)n2[C@H]1c1ccccc1OC. The minimum absolute atomic E-state index is 0.117. The Morgan fingerprint density at radius 1 is 1.21 bits per heavy atom. The second-order valence-corrected chi connectivity index (χ2v) is 10.9. The average molecular weight is 547 g/mol. The van der Waals surface area contributed by atoms with Crippen molar-refractivity contribution >= 4 is 50.6 Å². The number of carbonyl (C=O) groups excluding carboxylic acids is 1. The molecule has 9 heteroatoms. The number of halogens is 1. The maximum atomic E-state index is 13.7. The molecule has 1 aromatic carbocycles. The van der Waals surface area contributed by atoms with Crippen LogP contribution in [-0.2, 0) is 4.79 Å². The molecule has 0 radical (unpaired) electrons. The number of thiophene rings is 1. The fourth-order valence-electron chi connectivity index (χ4n) is 4.00. The number of nitrogens with zero attached hydrogens (tertiary/aromatic N) is 3. The van der Waals surface area contributed by atoms with Crippen LogP contribution in [0.3, 0.4) is 0 Å². The van der Waals surface area contributed by atoms with Crippen LogP contribution < -0.4 is 19.6 Å². The van der Waals surface area contributed by atoms with E-state index in [1.807, 2.05) is 63.2 Å². The highest BCUT2D eigenvalue weighted by Crippen LogP contribution is 2.36. The third kappa shape index (κ3) is 4.37. The Hall–Kier alpha value is -2.49. The zero-order valence-electron chi connectivity index (χ0n) is 18.8. The number of para-hydroxylation sites is 1. The number of benzene rings is 1. The molecule has 2 aromatic heterocycles. The third-order valence-corrected chi connectivity index (χ3v) is 8.16. The molecule has 1 aliphatic heterocycles. The van der Waals surface area contributed by atoms with Crippen molar-refractivity contribution in [1.29, 1.82) is 0 Å². The molecule has 33 heavy (non-hydrogen) atoms. The number of thiazole rings is 1. The number of carbonyl (C=O) groups is 1. The molecule has 0 spiro atoms. The Balaban J connectivity index is 2.00. The summed E-state index contributed by atoms with van der Waals surface area (Å²) in [6.07, 6.45) is 1.88. The minimum atomic E-state index is -0.622. The molecule has 0 aliphatic carbocycles. The quantitative estimate of drug-likeness (QED) is 0.471. The summed E-state index contributed by atoms with van der Waals surface area (Å²) in [7, 11) is 1.60. The van der Waals surface area contributed by atoms with Gasteiger partial charge in [0.15, 0.2) is 4.80 Å². The van der Waals surface area contributed by atoms with E-state index in [0.717, 1.165) is 14.2 Å². The normalized spacial score (nSPS) is 15.9. The summed E-state index contributed by atoms with van der Waals surface area (Å²) in [4.78, 5) is 35.3. The van der Waals surface area contributed by atoms with E-state index in [-0.39, 0.29) is 11.5 Å². The van der Waals surface area contributed by atoms with E-state index in [4.69, 9.17) is 9.73 Å².